The fraction of sp³-hybridized carbons (Fsp3) is 0.221. The van der Waals surface area contributed by atoms with Crippen molar-refractivity contribution in [2.75, 3.05) is 7.11 Å². The van der Waals surface area contributed by atoms with Crippen LogP contribution in [-0.4, -0.2) is 41.8 Å². The van der Waals surface area contributed by atoms with Crippen LogP contribution in [-0.2, 0) is 38.5 Å². The van der Waals surface area contributed by atoms with E-state index in [1.165, 1.54) is 62.6 Å². The van der Waals surface area contributed by atoms with Gasteiger partial charge in [-0.05, 0) is 140 Å². The van der Waals surface area contributed by atoms with Crippen molar-refractivity contribution in [2.45, 2.75) is 122 Å². The highest BCUT2D eigenvalue weighted by molar-refractivity contribution is 6.00. The predicted octanol–water partition coefficient (Wildman–Crippen LogP) is 19.3. The van der Waals surface area contributed by atoms with E-state index in [-0.39, 0.29) is 34.7 Å². The van der Waals surface area contributed by atoms with Crippen LogP contribution < -0.4 is 4.74 Å². The third kappa shape index (κ3) is 24.3. The molecule has 478 valence electrons. The third-order valence-corrected chi connectivity index (χ3v) is 15.5. The van der Waals surface area contributed by atoms with Crippen LogP contribution in [0, 0.1) is 80.6 Å². The second-order valence-corrected chi connectivity index (χ2v) is 24.4. The second kappa shape index (κ2) is 35.9. The van der Waals surface area contributed by atoms with Crippen LogP contribution in [0.5, 0.6) is 5.75 Å². The minimum Gasteiger partial charge on any atom is -0.497 e. The average Bonchev–Trinajstić information content (AvgIpc) is 1.10. The van der Waals surface area contributed by atoms with Gasteiger partial charge in [0, 0.05) is 65.5 Å². The number of hydrogen-bond acceptors (Lipinski definition) is 8. The normalized spacial score (nSPS) is 10.3. The van der Waals surface area contributed by atoms with Crippen molar-refractivity contribution in [2.24, 2.45) is 0 Å². The van der Waals surface area contributed by atoms with Gasteiger partial charge in [0.1, 0.15) is 5.75 Å². The zero-order valence-corrected chi connectivity index (χ0v) is 56.8. The van der Waals surface area contributed by atoms with Crippen LogP contribution in [0.15, 0.2) is 218 Å². The molecule has 10 rings (SSSR count). The molecule has 0 unspecified atom stereocenters. The molecule has 0 saturated carbocycles. The van der Waals surface area contributed by atoms with E-state index in [0.717, 1.165) is 56.5 Å². The summed E-state index contributed by atoms with van der Waals surface area (Å²) in [5.74, 6) is 1.41. The molecule has 8 nitrogen and oxygen atoms in total. The molecule has 0 fully saturated rings. The molecule has 0 heterocycles. The number of rotatable bonds is 18. The number of ether oxygens (including phenoxy) is 1. The van der Waals surface area contributed by atoms with Crippen molar-refractivity contribution in [1.29, 1.82) is 5.26 Å². The molecule has 0 saturated heterocycles. The molecule has 0 spiro atoms. The van der Waals surface area contributed by atoms with E-state index < -0.39 is 0 Å². The minimum atomic E-state index is 0.0383. The summed E-state index contributed by atoms with van der Waals surface area (Å²) in [5.41, 5.74) is 23.3. The van der Waals surface area contributed by atoms with Gasteiger partial charge >= 0.3 is 0 Å². The van der Waals surface area contributed by atoms with Gasteiger partial charge in [-0.15, -0.1) is 0 Å². The van der Waals surface area contributed by atoms with Gasteiger partial charge in [0.25, 0.3) is 0 Å². The SMILES string of the molecule is CC(=O)c1ccc(CC(=O)c2ccc(C)cc2)cc1.CCc1ccc(C(=O)Cc2cc(C)cc(C)c2)cc1.COc1cccc(C(=O)Cc2cc(C)cc(C)c2)c1.Cc1cc(C)cc(CC(=O)c2ccc(C#N)cc2)c1.Cc1ccc(C(=O)Cc2cc(C)cc(C)c2)cc1. The van der Waals surface area contributed by atoms with Crippen LogP contribution in [0.4, 0.5) is 0 Å². The molecule has 0 N–H and O–H groups in total. The molecule has 0 amide bonds. The maximum atomic E-state index is 12.2. The van der Waals surface area contributed by atoms with Crippen LogP contribution in [0.2, 0.25) is 0 Å². The van der Waals surface area contributed by atoms with Crippen molar-refractivity contribution in [3.8, 4) is 11.8 Å². The lowest BCUT2D eigenvalue weighted by Gasteiger charge is -2.06. The first-order chi connectivity index (χ1) is 44.8. The van der Waals surface area contributed by atoms with E-state index in [1.54, 1.807) is 49.6 Å². The number of benzene rings is 10. The summed E-state index contributed by atoms with van der Waals surface area (Å²) in [6, 6.07) is 71.6. The molecule has 0 aliphatic rings. The Morgan fingerprint density at radius 2 is 0.585 bits per heavy atom. The van der Waals surface area contributed by atoms with Crippen molar-refractivity contribution in [3.05, 3.63) is 346 Å². The number of Topliss-reactive ketones (excluding diaryl/α,β-unsaturated/α-hetero) is 6. The zero-order chi connectivity index (χ0) is 68.4. The Morgan fingerprint density at radius 1 is 0.309 bits per heavy atom. The molecule has 0 aliphatic heterocycles. The average molecular weight is 1250 g/mol. The summed E-state index contributed by atoms with van der Waals surface area (Å²) in [7, 11) is 1.60. The standard InChI is InChI=1S/C18H20O.C17H15NO.C17H16O2.C17H18O2.C17H18O/c1-4-15-5-7-17(8-6-15)18(19)12-16-10-13(2)9-14(3)11-16;1-12-7-13(2)9-15(8-12)10-17(19)16-5-3-14(11-18)4-6-16;1-12-3-7-16(8-4-12)17(19)11-14-5-9-15(10-6-14)13(2)18;1-12-7-13(2)9-14(8-12)10-17(18)15-5-4-6-16(11-15)19-3;1-12-4-6-16(7-5-12)17(18)11-15-9-13(2)8-14(3)10-15/h5-11H,4,12H2,1-3H3;3-9H,10H2,1-2H3;3-10H,11H2,1-2H3;4-9,11H,10H2,1-3H3;4-10H,11H2,1-3H3. The van der Waals surface area contributed by atoms with E-state index in [9.17, 15) is 28.8 Å². The minimum absolute atomic E-state index is 0.0383. The first-order valence-corrected chi connectivity index (χ1v) is 31.8. The van der Waals surface area contributed by atoms with Crippen molar-refractivity contribution < 1.29 is 33.5 Å². The Labute approximate surface area is 557 Å². The Morgan fingerprint density at radius 3 is 0.883 bits per heavy atom. The molecule has 8 heteroatoms. The number of nitrogens with zero attached hydrogens (tertiary/aromatic N) is 1. The molecule has 0 radical (unpaired) electrons. The number of ketones is 6. The number of methoxy groups -OCH3 is 1. The first kappa shape index (κ1) is 72.6. The largest absolute Gasteiger partial charge is 0.497 e. The lowest BCUT2D eigenvalue weighted by molar-refractivity contribution is 0.0984. The molecular formula is C86H87NO7. The fourth-order valence-electron chi connectivity index (χ4n) is 10.9. The maximum Gasteiger partial charge on any atom is 0.167 e. The third-order valence-electron chi connectivity index (χ3n) is 15.5. The molecule has 0 atom stereocenters. The van der Waals surface area contributed by atoms with Gasteiger partial charge < -0.3 is 4.74 Å². The molecule has 10 aromatic rings. The molecule has 0 bridgehead atoms. The van der Waals surface area contributed by atoms with E-state index in [1.807, 2.05) is 163 Å². The van der Waals surface area contributed by atoms with E-state index >= 15 is 0 Å². The molecule has 0 aromatic heterocycles. The van der Waals surface area contributed by atoms with Crippen LogP contribution in [0.25, 0.3) is 0 Å². The van der Waals surface area contributed by atoms with E-state index in [4.69, 9.17) is 10.00 Å². The maximum absolute atomic E-state index is 12.2. The molecular weight excluding hydrogens is 1160 g/mol. The van der Waals surface area contributed by atoms with Crippen molar-refractivity contribution in [3.63, 3.8) is 0 Å². The summed E-state index contributed by atoms with van der Waals surface area (Å²) in [6.07, 6.45) is 3.15. The lowest BCUT2D eigenvalue weighted by atomic mass is 9.99. The van der Waals surface area contributed by atoms with Gasteiger partial charge in [-0.1, -0.05) is 257 Å². The molecule has 94 heavy (non-hydrogen) atoms. The summed E-state index contributed by atoms with van der Waals surface area (Å²) < 4.78 is 5.14. The van der Waals surface area contributed by atoms with Gasteiger partial charge in [0.05, 0.1) is 18.7 Å². The number of carbonyl (C=O) groups is 6. The summed E-state index contributed by atoms with van der Waals surface area (Å²) in [4.78, 5) is 72.0. The number of nitriles is 1. The second-order valence-electron chi connectivity index (χ2n) is 24.4. The predicted molar refractivity (Wildman–Crippen MR) is 383 cm³/mol. The monoisotopic (exact) mass is 1250 g/mol. The Hall–Kier alpha value is -10.5. The Bertz CT molecular complexity index is 4200. The van der Waals surface area contributed by atoms with E-state index in [0.29, 0.717) is 60.1 Å². The smallest absolute Gasteiger partial charge is 0.167 e. The molecule has 10 aromatic carbocycles. The van der Waals surface area contributed by atoms with Crippen LogP contribution in [0.3, 0.4) is 0 Å². The van der Waals surface area contributed by atoms with Crippen LogP contribution >= 0.6 is 0 Å². The molecule has 0 aliphatic carbocycles. The van der Waals surface area contributed by atoms with Gasteiger partial charge in [0.15, 0.2) is 34.7 Å². The summed E-state index contributed by atoms with van der Waals surface area (Å²) in [6.45, 7) is 24.1. The summed E-state index contributed by atoms with van der Waals surface area (Å²) >= 11 is 0. The highest BCUT2D eigenvalue weighted by atomic mass is 16.5. The van der Waals surface area contributed by atoms with Crippen LogP contribution in [0.1, 0.15) is 171 Å². The van der Waals surface area contributed by atoms with E-state index in [2.05, 4.69) is 95.3 Å². The summed E-state index contributed by atoms with van der Waals surface area (Å²) in [5, 5.41) is 8.73. The number of carbonyl (C=O) groups excluding carboxylic acids is 6. The fourth-order valence-corrected chi connectivity index (χ4v) is 10.9. The number of hydrogen-bond donors (Lipinski definition) is 0. The van der Waals surface area contributed by atoms with Crippen molar-refractivity contribution >= 4 is 34.7 Å². The van der Waals surface area contributed by atoms with Gasteiger partial charge in [-0.3, -0.25) is 28.8 Å². The van der Waals surface area contributed by atoms with Gasteiger partial charge in [0.2, 0.25) is 0 Å². The highest BCUT2D eigenvalue weighted by Gasteiger charge is 2.13. The zero-order valence-electron chi connectivity index (χ0n) is 56.8. The number of aryl methyl sites for hydroxylation is 11. The first-order valence-electron chi connectivity index (χ1n) is 31.8. The van der Waals surface area contributed by atoms with Crippen molar-refractivity contribution in [1.82, 2.24) is 0 Å². The Kier molecular flexibility index (Phi) is 27.7. The van der Waals surface area contributed by atoms with Gasteiger partial charge in [-0.25, -0.2) is 0 Å². The highest BCUT2D eigenvalue weighted by Crippen LogP contribution is 2.20. The Balaban J connectivity index is 0.000000186. The lowest BCUT2D eigenvalue weighted by Crippen LogP contribution is -2.04. The van der Waals surface area contributed by atoms with Gasteiger partial charge in [-0.2, -0.15) is 5.26 Å². The quantitative estimate of drug-likeness (QED) is 0.0775. The topological polar surface area (TPSA) is 135 Å².